The van der Waals surface area contributed by atoms with E-state index in [0.717, 1.165) is 37.5 Å². The molecule has 0 unspecified atom stereocenters. The van der Waals surface area contributed by atoms with Crippen molar-refractivity contribution in [1.29, 1.82) is 0 Å². The van der Waals surface area contributed by atoms with Crippen LogP contribution in [-0.2, 0) is 18.9 Å². The summed E-state index contributed by atoms with van der Waals surface area (Å²) >= 11 is 5.86. The minimum absolute atomic E-state index is 0.141. The predicted molar refractivity (Wildman–Crippen MR) is 109 cm³/mol. The topological polar surface area (TPSA) is 73.7 Å². The molecule has 3 aliphatic rings. The Bertz CT molecular complexity index is 747. The highest BCUT2D eigenvalue weighted by Crippen LogP contribution is 2.23. The van der Waals surface area contributed by atoms with Crippen LogP contribution in [0, 0.1) is 0 Å². The third-order valence-electron chi connectivity index (χ3n) is 4.26. The van der Waals surface area contributed by atoms with Crippen molar-refractivity contribution in [3.8, 4) is 0 Å². The van der Waals surface area contributed by atoms with Gasteiger partial charge in [-0.15, -0.1) is 0 Å². The maximum atomic E-state index is 6.04. The molecule has 8 heteroatoms. The van der Waals surface area contributed by atoms with Gasteiger partial charge in [-0.3, -0.25) is 4.99 Å². The van der Waals surface area contributed by atoms with E-state index in [9.17, 15) is 0 Å². The van der Waals surface area contributed by atoms with Crippen LogP contribution < -0.4 is 5.32 Å². The molecule has 0 aromatic rings. The van der Waals surface area contributed by atoms with Crippen LogP contribution in [0.3, 0.4) is 0 Å². The first-order valence-electron chi connectivity index (χ1n) is 9.13. The first-order chi connectivity index (χ1) is 13.8. The Hall–Kier alpha value is -2.51. The third kappa shape index (κ3) is 5.74. The molecule has 0 bridgehead atoms. The summed E-state index contributed by atoms with van der Waals surface area (Å²) in [7, 11) is 0. The van der Waals surface area contributed by atoms with Crippen molar-refractivity contribution in [2.45, 2.75) is 25.4 Å². The third-order valence-corrected chi connectivity index (χ3v) is 4.48. The molecular weight excluding hydrogens is 382 g/mol. The van der Waals surface area contributed by atoms with Crippen LogP contribution in [0.5, 0.6) is 0 Å². The molecule has 7 nitrogen and oxygen atoms in total. The van der Waals surface area contributed by atoms with Crippen LogP contribution in [0.4, 0.5) is 0 Å². The van der Waals surface area contributed by atoms with Crippen molar-refractivity contribution < 1.29 is 18.9 Å². The van der Waals surface area contributed by atoms with Crippen LogP contribution >= 0.6 is 11.6 Å². The Kier molecular flexibility index (Phi) is 7.75. The molecule has 0 radical (unpaired) electrons. The van der Waals surface area contributed by atoms with Gasteiger partial charge < -0.3 is 24.3 Å². The van der Waals surface area contributed by atoms with E-state index >= 15 is 0 Å². The fourth-order valence-corrected chi connectivity index (χ4v) is 3.02. The lowest BCUT2D eigenvalue weighted by molar-refractivity contribution is -0.00454. The summed E-state index contributed by atoms with van der Waals surface area (Å²) in [5, 5.41) is 3.06. The number of ether oxygens (including phenoxy) is 4. The van der Waals surface area contributed by atoms with Crippen LogP contribution in [0.25, 0.3) is 0 Å². The van der Waals surface area contributed by atoms with Gasteiger partial charge in [-0.1, -0.05) is 24.3 Å². The molecule has 150 valence electrons. The van der Waals surface area contributed by atoms with Crippen molar-refractivity contribution in [2.75, 3.05) is 26.7 Å². The molecule has 3 rings (SSSR count). The summed E-state index contributed by atoms with van der Waals surface area (Å²) in [5.41, 5.74) is 2.85. The normalized spacial score (nSPS) is 22.2. The van der Waals surface area contributed by atoms with Crippen molar-refractivity contribution in [1.82, 2.24) is 5.32 Å². The number of allylic oxidation sites excluding steroid dienone is 5. The minimum Gasteiger partial charge on any atom is -0.494 e. The number of nitrogens with one attached hydrogen (secondary N) is 1. The van der Waals surface area contributed by atoms with Crippen LogP contribution in [0.15, 0.2) is 69.4 Å². The zero-order valence-electron chi connectivity index (χ0n) is 15.6. The van der Waals surface area contributed by atoms with Crippen LogP contribution in [0.2, 0.25) is 0 Å². The van der Waals surface area contributed by atoms with Crippen LogP contribution in [0.1, 0.15) is 19.3 Å². The maximum Gasteiger partial charge on any atom is 0.231 e. The number of aliphatic imine (C=N–C) groups is 2. The first kappa shape index (κ1) is 20.2. The molecule has 1 saturated heterocycles. The molecule has 1 aliphatic carbocycles. The van der Waals surface area contributed by atoms with Crippen LogP contribution in [-0.4, -0.2) is 44.8 Å². The van der Waals surface area contributed by atoms with Gasteiger partial charge in [0.25, 0.3) is 0 Å². The Balaban J connectivity index is 1.46. The van der Waals surface area contributed by atoms with Gasteiger partial charge in [0.1, 0.15) is 24.9 Å². The number of hydrogen-bond donors (Lipinski definition) is 1. The van der Waals surface area contributed by atoms with Crippen molar-refractivity contribution >= 4 is 23.7 Å². The summed E-state index contributed by atoms with van der Waals surface area (Å²) in [6.07, 6.45) is 11.7. The smallest absolute Gasteiger partial charge is 0.231 e. The summed E-state index contributed by atoms with van der Waals surface area (Å²) < 4.78 is 22.1. The van der Waals surface area contributed by atoms with Gasteiger partial charge in [-0.2, -0.15) is 0 Å². The SMILES string of the molecule is C=CC1=C(/C(=C/Cl)NCN=CN=C2C=CC=C(OC3CCOCC3)C2)OCO1. The lowest BCUT2D eigenvalue weighted by Gasteiger charge is -2.25. The molecule has 0 aromatic heterocycles. The Labute approximate surface area is 169 Å². The molecule has 0 aromatic carbocycles. The summed E-state index contributed by atoms with van der Waals surface area (Å²) in [4.78, 5) is 8.63. The van der Waals surface area contributed by atoms with Crippen molar-refractivity contribution in [2.24, 2.45) is 9.98 Å². The molecule has 2 heterocycles. The standard InChI is InChI=1S/C20H24ClN3O4/c1-2-19-20(27-14-26-19)18(11-21)24-13-22-12-23-15-4-3-5-17(10-15)28-16-6-8-25-9-7-16/h2-5,11-12,16,24H,1,6-10,13-14H2/b18-11-,22-12?,23-15?. The molecule has 0 amide bonds. The predicted octanol–water partition coefficient (Wildman–Crippen LogP) is 3.52. The molecule has 28 heavy (non-hydrogen) atoms. The minimum atomic E-state index is 0.141. The fourth-order valence-electron chi connectivity index (χ4n) is 2.85. The van der Waals surface area contributed by atoms with E-state index in [-0.39, 0.29) is 19.6 Å². The lowest BCUT2D eigenvalue weighted by atomic mass is 10.1. The summed E-state index contributed by atoms with van der Waals surface area (Å²) in [6.45, 7) is 5.63. The second-order valence-electron chi connectivity index (χ2n) is 6.18. The highest BCUT2D eigenvalue weighted by molar-refractivity contribution is 6.25. The highest BCUT2D eigenvalue weighted by atomic mass is 35.5. The average Bonchev–Trinajstić information content (AvgIpc) is 3.20. The molecular formula is C20H24ClN3O4. The van der Waals surface area contributed by atoms with Gasteiger partial charge >= 0.3 is 0 Å². The molecule has 1 N–H and O–H groups in total. The van der Waals surface area contributed by atoms with E-state index in [4.69, 9.17) is 30.5 Å². The van der Waals surface area contributed by atoms with Crippen molar-refractivity contribution in [3.63, 3.8) is 0 Å². The first-order valence-corrected chi connectivity index (χ1v) is 9.57. The highest BCUT2D eigenvalue weighted by Gasteiger charge is 2.19. The summed E-state index contributed by atoms with van der Waals surface area (Å²) in [5.74, 6) is 1.98. The average molecular weight is 406 g/mol. The molecule has 0 spiro atoms. The van der Waals surface area contributed by atoms with Gasteiger partial charge in [0.2, 0.25) is 6.79 Å². The largest absolute Gasteiger partial charge is 0.494 e. The molecule has 0 atom stereocenters. The lowest BCUT2D eigenvalue weighted by Crippen LogP contribution is -2.24. The van der Waals surface area contributed by atoms with E-state index in [1.165, 1.54) is 11.9 Å². The number of halogens is 1. The zero-order valence-corrected chi connectivity index (χ0v) is 16.4. The Morgan fingerprint density at radius 1 is 1.36 bits per heavy atom. The molecule has 2 aliphatic heterocycles. The van der Waals surface area contributed by atoms with E-state index < -0.39 is 0 Å². The second kappa shape index (κ2) is 10.7. The Morgan fingerprint density at radius 3 is 3.00 bits per heavy atom. The van der Waals surface area contributed by atoms with E-state index in [1.54, 1.807) is 6.08 Å². The number of rotatable bonds is 8. The Morgan fingerprint density at radius 2 is 2.21 bits per heavy atom. The fraction of sp³-hybridized carbons (Fsp3) is 0.400. The van der Waals surface area contributed by atoms with Crippen molar-refractivity contribution in [3.05, 3.63) is 59.4 Å². The van der Waals surface area contributed by atoms with Gasteiger partial charge in [-0.25, -0.2) is 4.99 Å². The van der Waals surface area contributed by atoms with E-state index in [1.807, 2.05) is 18.2 Å². The van der Waals surface area contributed by atoms with E-state index in [2.05, 4.69) is 21.9 Å². The second-order valence-corrected chi connectivity index (χ2v) is 6.40. The summed E-state index contributed by atoms with van der Waals surface area (Å²) in [6, 6.07) is 0. The van der Waals surface area contributed by atoms with Gasteiger partial charge in [-0.05, 0) is 18.2 Å². The zero-order chi connectivity index (χ0) is 19.6. The van der Waals surface area contributed by atoms with Gasteiger partial charge in [0.05, 0.1) is 18.9 Å². The number of hydrogen-bond acceptors (Lipinski definition) is 6. The number of nitrogens with zero attached hydrogens (tertiary/aromatic N) is 2. The molecule has 0 saturated carbocycles. The maximum absolute atomic E-state index is 6.04. The molecule has 1 fully saturated rings. The van der Waals surface area contributed by atoms with Gasteiger partial charge in [0, 0.05) is 30.5 Å². The quantitative estimate of drug-likeness (QED) is 0.494. The monoisotopic (exact) mass is 405 g/mol. The van der Waals surface area contributed by atoms with E-state index in [0.29, 0.717) is 23.6 Å². The van der Waals surface area contributed by atoms with Gasteiger partial charge in [0.15, 0.2) is 11.5 Å².